The Morgan fingerprint density at radius 3 is 2.46 bits per heavy atom. The molecule has 0 spiro atoms. The monoisotopic (exact) mass is 383 g/mol. The molecule has 1 amide bonds. The molecule has 0 aliphatic rings. The Balaban J connectivity index is 1.76. The lowest BCUT2D eigenvalue weighted by atomic mass is 10.2. The van der Waals surface area contributed by atoms with E-state index in [0.717, 1.165) is 61.7 Å². The molecule has 0 heterocycles. The lowest BCUT2D eigenvalue weighted by Crippen LogP contribution is -2.27. The van der Waals surface area contributed by atoms with Crippen molar-refractivity contribution in [3.8, 4) is 5.75 Å². The van der Waals surface area contributed by atoms with Crippen LogP contribution in [-0.4, -0.2) is 43.6 Å². The fourth-order valence-corrected chi connectivity index (χ4v) is 2.96. The minimum absolute atomic E-state index is 0.00709. The second-order valence-electron chi connectivity index (χ2n) is 6.87. The number of aryl methyl sites for hydroxylation is 1. The third-order valence-electron chi connectivity index (χ3n) is 4.70. The zero-order valence-corrected chi connectivity index (χ0v) is 17.3. The molecule has 5 nitrogen and oxygen atoms in total. The van der Waals surface area contributed by atoms with Gasteiger partial charge in [0.25, 0.3) is 5.91 Å². The number of ether oxygens (including phenoxy) is 1. The van der Waals surface area contributed by atoms with Crippen molar-refractivity contribution in [3.63, 3.8) is 0 Å². The van der Waals surface area contributed by atoms with Gasteiger partial charge in [-0.2, -0.15) is 0 Å². The second kappa shape index (κ2) is 12.2. The van der Waals surface area contributed by atoms with Crippen LogP contribution in [0, 0.1) is 6.92 Å². The number of nitrogens with zero attached hydrogens (tertiary/aromatic N) is 1. The summed E-state index contributed by atoms with van der Waals surface area (Å²) in [5.74, 6) is 0.587. The van der Waals surface area contributed by atoms with E-state index < -0.39 is 0 Å². The summed E-state index contributed by atoms with van der Waals surface area (Å²) >= 11 is 0. The Hall–Kier alpha value is -2.37. The third kappa shape index (κ3) is 7.71. The van der Waals surface area contributed by atoms with Crippen LogP contribution in [0.2, 0.25) is 0 Å². The molecule has 2 aromatic carbocycles. The highest BCUT2D eigenvalue weighted by molar-refractivity contribution is 5.91. The van der Waals surface area contributed by atoms with E-state index in [1.54, 1.807) is 0 Å². The Morgan fingerprint density at radius 2 is 1.75 bits per heavy atom. The third-order valence-corrected chi connectivity index (χ3v) is 4.70. The van der Waals surface area contributed by atoms with Crippen molar-refractivity contribution in [2.75, 3.05) is 38.1 Å². The van der Waals surface area contributed by atoms with Crippen molar-refractivity contribution in [2.45, 2.75) is 33.7 Å². The van der Waals surface area contributed by atoms with Gasteiger partial charge in [-0.25, -0.2) is 0 Å². The molecule has 2 rings (SSSR count). The van der Waals surface area contributed by atoms with Crippen molar-refractivity contribution in [1.29, 1.82) is 0 Å². The van der Waals surface area contributed by atoms with Crippen molar-refractivity contribution in [3.05, 3.63) is 59.7 Å². The SMILES string of the molecule is CCN(CC)CCCNCc1ccccc1OCC(=O)Nc1ccc(C)cc1. The Morgan fingerprint density at radius 1 is 1.04 bits per heavy atom. The molecule has 2 aromatic rings. The molecule has 0 aromatic heterocycles. The molecule has 0 saturated carbocycles. The molecule has 0 bridgehead atoms. The minimum atomic E-state index is -0.161. The summed E-state index contributed by atoms with van der Waals surface area (Å²) in [6.07, 6.45) is 1.11. The smallest absolute Gasteiger partial charge is 0.262 e. The maximum atomic E-state index is 12.1. The molecule has 152 valence electrons. The summed E-state index contributed by atoms with van der Waals surface area (Å²) in [7, 11) is 0. The van der Waals surface area contributed by atoms with Crippen molar-refractivity contribution < 1.29 is 9.53 Å². The van der Waals surface area contributed by atoms with Crippen LogP contribution < -0.4 is 15.4 Å². The first-order chi connectivity index (χ1) is 13.6. The van der Waals surface area contributed by atoms with E-state index in [-0.39, 0.29) is 12.5 Å². The first-order valence-electron chi connectivity index (χ1n) is 10.1. The lowest BCUT2D eigenvalue weighted by molar-refractivity contribution is -0.118. The summed E-state index contributed by atoms with van der Waals surface area (Å²) < 4.78 is 5.76. The van der Waals surface area contributed by atoms with Crippen LogP contribution in [0.3, 0.4) is 0 Å². The number of amides is 1. The van der Waals surface area contributed by atoms with Gasteiger partial charge in [-0.3, -0.25) is 4.79 Å². The maximum absolute atomic E-state index is 12.1. The summed E-state index contributed by atoms with van der Waals surface area (Å²) in [6.45, 7) is 11.4. The number of anilines is 1. The topological polar surface area (TPSA) is 53.6 Å². The molecule has 0 unspecified atom stereocenters. The Bertz CT molecular complexity index is 712. The fraction of sp³-hybridized carbons (Fsp3) is 0.435. The van der Waals surface area contributed by atoms with E-state index in [4.69, 9.17) is 4.74 Å². The highest BCUT2D eigenvalue weighted by atomic mass is 16.5. The van der Waals surface area contributed by atoms with Crippen LogP contribution >= 0.6 is 0 Å². The summed E-state index contributed by atoms with van der Waals surface area (Å²) in [6, 6.07) is 15.6. The van der Waals surface area contributed by atoms with Crippen LogP contribution in [0.5, 0.6) is 5.75 Å². The van der Waals surface area contributed by atoms with Gasteiger partial charge in [0, 0.05) is 17.8 Å². The molecule has 0 fully saturated rings. The highest BCUT2D eigenvalue weighted by Crippen LogP contribution is 2.18. The highest BCUT2D eigenvalue weighted by Gasteiger charge is 2.07. The largest absolute Gasteiger partial charge is 0.483 e. The van der Waals surface area contributed by atoms with Gasteiger partial charge in [0.05, 0.1) is 0 Å². The molecular weight excluding hydrogens is 350 g/mol. The van der Waals surface area contributed by atoms with E-state index >= 15 is 0 Å². The molecule has 0 saturated heterocycles. The van der Waals surface area contributed by atoms with Gasteiger partial charge < -0.3 is 20.3 Å². The van der Waals surface area contributed by atoms with Gasteiger partial charge in [0.1, 0.15) is 5.75 Å². The van der Waals surface area contributed by atoms with Crippen LogP contribution in [-0.2, 0) is 11.3 Å². The molecule has 0 aliphatic heterocycles. The van der Waals surface area contributed by atoms with Crippen LogP contribution in [0.15, 0.2) is 48.5 Å². The number of rotatable bonds is 12. The van der Waals surface area contributed by atoms with E-state index in [0.29, 0.717) is 0 Å². The maximum Gasteiger partial charge on any atom is 0.262 e. The second-order valence-corrected chi connectivity index (χ2v) is 6.87. The first-order valence-corrected chi connectivity index (χ1v) is 10.1. The lowest BCUT2D eigenvalue weighted by Gasteiger charge is -2.18. The first kappa shape index (κ1) is 21.9. The summed E-state index contributed by atoms with van der Waals surface area (Å²) in [4.78, 5) is 14.6. The number of carbonyl (C=O) groups excluding carboxylic acids is 1. The van der Waals surface area contributed by atoms with Crippen molar-refractivity contribution in [1.82, 2.24) is 10.2 Å². The number of nitrogens with one attached hydrogen (secondary N) is 2. The molecular formula is C23H33N3O2. The Kier molecular flexibility index (Phi) is 9.52. The molecule has 0 radical (unpaired) electrons. The zero-order valence-electron chi connectivity index (χ0n) is 17.3. The molecule has 5 heteroatoms. The van der Waals surface area contributed by atoms with Gasteiger partial charge in [0.2, 0.25) is 0 Å². The normalized spacial score (nSPS) is 10.9. The minimum Gasteiger partial charge on any atom is -0.483 e. The zero-order chi connectivity index (χ0) is 20.2. The number of hydrogen-bond donors (Lipinski definition) is 2. The van der Waals surface area contributed by atoms with Gasteiger partial charge >= 0.3 is 0 Å². The standard InChI is InChI=1S/C23H33N3O2/c1-4-26(5-2)16-8-15-24-17-20-9-6-7-10-22(20)28-18-23(27)25-21-13-11-19(3)12-14-21/h6-7,9-14,24H,4-5,8,15-18H2,1-3H3,(H,25,27). The van der Waals surface area contributed by atoms with Crippen LogP contribution in [0.4, 0.5) is 5.69 Å². The molecule has 0 atom stereocenters. The van der Waals surface area contributed by atoms with Crippen LogP contribution in [0.1, 0.15) is 31.4 Å². The van der Waals surface area contributed by atoms with E-state index in [1.165, 1.54) is 0 Å². The van der Waals surface area contributed by atoms with Crippen molar-refractivity contribution in [2.24, 2.45) is 0 Å². The predicted molar refractivity (Wildman–Crippen MR) is 116 cm³/mol. The van der Waals surface area contributed by atoms with Gasteiger partial charge in [-0.1, -0.05) is 49.7 Å². The Labute approximate surface area is 169 Å². The van der Waals surface area contributed by atoms with Crippen molar-refractivity contribution >= 4 is 11.6 Å². The number of carbonyl (C=O) groups is 1. The van der Waals surface area contributed by atoms with Gasteiger partial charge in [0.15, 0.2) is 6.61 Å². The molecule has 2 N–H and O–H groups in total. The van der Waals surface area contributed by atoms with Gasteiger partial charge in [-0.05, 0) is 57.7 Å². The van der Waals surface area contributed by atoms with Gasteiger partial charge in [-0.15, -0.1) is 0 Å². The molecule has 28 heavy (non-hydrogen) atoms. The average Bonchev–Trinajstić information content (AvgIpc) is 2.71. The number of para-hydroxylation sites is 1. The average molecular weight is 384 g/mol. The molecule has 0 aliphatic carbocycles. The number of benzene rings is 2. The van der Waals surface area contributed by atoms with E-state index in [2.05, 4.69) is 29.4 Å². The predicted octanol–water partition coefficient (Wildman–Crippen LogP) is 3.83. The summed E-state index contributed by atoms with van der Waals surface area (Å²) in [5.41, 5.74) is 3.00. The quantitative estimate of drug-likeness (QED) is 0.547. The van der Waals surface area contributed by atoms with Crippen LogP contribution in [0.25, 0.3) is 0 Å². The number of hydrogen-bond acceptors (Lipinski definition) is 4. The summed E-state index contributed by atoms with van der Waals surface area (Å²) in [5, 5.41) is 6.33. The van der Waals surface area contributed by atoms with E-state index in [9.17, 15) is 4.79 Å². The fourth-order valence-electron chi connectivity index (χ4n) is 2.96. The van der Waals surface area contributed by atoms with E-state index in [1.807, 2.05) is 55.5 Å².